The smallest absolute Gasteiger partial charge is 0.240 e. The molecule has 1 aromatic carbocycles. The highest BCUT2D eigenvalue weighted by atomic mass is 16.5. The Hall–Kier alpha value is -2.08. The number of benzene rings is 1. The highest BCUT2D eigenvalue weighted by Crippen LogP contribution is 2.19. The van der Waals surface area contributed by atoms with Crippen molar-refractivity contribution in [2.24, 2.45) is 5.92 Å². The third kappa shape index (κ3) is 4.45. The Labute approximate surface area is 136 Å². The first-order chi connectivity index (χ1) is 11.2. The van der Waals surface area contributed by atoms with Gasteiger partial charge in [-0.3, -0.25) is 4.90 Å². The highest BCUT2D eigenvalue weighted by molar-refractivity contribution is 5.31. The molecule has 1 aromatic heterocycles. The summed E-state index contributed by atoms with van der Waals surface area (Å²) in [6, 6.07) is 7.42. The third-order valence-electron chi connectivity index (χ3n) is 4.04. The summed E-state index contributed by atoms with van der Waals surface area (Å²) in [5, 5.41) is 3.99. The van der Waals surface area contributed by atoms with Crippen LogP contribution in [0.15, 0.2) is 28.8 Å². The van der Waals surface area contributed by atoms with Crippen molar-refractivity contribution in [3.63, 3.8) is 0 Å². The standard InChI is InChI=1S/C17H23N3O3/c1-13-4-3-9-20(10-13)11-17-18-16(19-23-17)12-22-15-7-5-14(21-2)6-8-15/h5-8,13H,3-4,9-12H2,1-2H3/t13-/m0/s1. The molecular formula is C17H23N3O3. The first kappa shape index (κ1) is 15.8. The SMILES string of the molecule is COc1ccc(OCc2noc(CN3CCC[C@H](C)C3)n2)cc1. The first-order valence-corrected chi connectivity index (χ1v) is 8.03. The van der Waals surface area contributed by atoms with E-state index in [-0.39, 0.29) is 0 Å². The largest absolute Gasteiger partial charge is 0.497 e. The molecule has 2 heterocycles. The molecule has 0 saturated carbocycles. The summed E-state index contributed by atoms with van der Waals surface area (Å²) in [7, 11) is 1.64. The van der Waals surface area contributed by atoms with Crippen LogP contribution < -0.4 is 9.47 Å². The Bertz CT molecular complexity index is 612. The Balaban J connectivity index is 1.50. The normalized spacial score (nSPS) is 18.8. The lowest BCUT2D eigenvalue weighted by Crippen LogP contribution is -2.33. The number of likely N-dealkylation sites (tertiary alicyclic amines) is 1. The number of ether oxygens (including phenoxy) is 2. The summed E-state index contributed by atoms with van der Waals surface area (Å²) in [6.45, 7) is 5.50. The lowest BCUT2D eigenvalue weighted by atomic mass is 10.0. The molecule has 0 spiro atoms. The van der Waals surface area contributed by atoms with Gasteiger partial charge in [-0.1, -0.05) is 12.1 Å². The zero-order valence-corrected chi connectivity index (χ0v) is 13.7. The minimum atomic E-state index is 0.298. The summed E-state index contributed by atoms with van der Waals surface area (Å²) in [5.41, 5.74) is 0. The van der Waals surface area contributed by atoms with Crippen molar-refractivity contribution in [2.45, 2.75) is 32.9 Å². The van der Waals surface area contributed by atoms with Crippen LogP contribution in [0.2, 0.25) is 0 Å². The molecular weight excluding hydrogens is 294 g/mol. The van der Waals surface area contributed by atoms with E-state index in [4.69, 9.17) is 14.0 Å². The van der Waals surface area contributed by atoms with Gasteiger partial charge >= 0.3 is 0 Å². The van der Waals surface area contributed by atoms with Gasteiger partial charge in [0.1, 0.15) is 11.5 Å². The molecule has 0 N–H and O–H groups in total. The van der Waals surface area contributed by atoms with E-state index in [0.29, 0.717) is 18.3 Å². The van der Waals surface area contributed by atoms with Crippen LogP contribution in [0.3, 0.4) is 0 Å². The Morgan fingerprint density at radius 3 is 2.78 bits per heavy atom. The van der Waals surface area contributed by atoms with Crippen molar-refractivity contribution in [1.82, 2.24) is 15.0 Å². The fraction of sp³-hybridized carbons (Fsp3) is 0.529. The number of nitrogens with zero attached hydrogens (tertiary/aromatic N) is 3. The van der Waals surface area contributed by atoms with Gasteiger partial charge in [-0.2, -0.15) is 4.98 Å². The monoisotopic (exact) mass is 317 g/mol. The molecule has 0 bridgehead atoms. The first-order valence-electron chi connectivity index (χ1n) is 8.03. The van der Waals surface area contributed by atoms with Gasteiger partial charge in [0.15, 0.2) is 6.61 Å². The van der Waals surface area contributed by atoms with E-state index in [0.717, 1.165) is 37.1 Å². The molecule has 0 amide bonds. The van der Waals surface area contributed by atoms with Gasteiger partial charge in [0.2, 0.25) is 11.7 Å². The van der Waals surface area contributed by atoms with E-state index in [1.165, 1.54) is 12.8 Å². The van der Waals surface area contributed by atoms with E-state index < -0.39 is 0 Å². The maximum absolute atomic E-state index is 5.66. The number of methoxy groups -OCH3 is 1. The minimum absolute atomic E-state index is 0.298. The van der Waals surface area contributed by atoms with Gasteiger partial charge in [-0.05, 0) is 49.6 Å². The van der Waals surface area contributed by atoms with Crippen LogP contribution in [0.1, 0.15) is 31.5 Å². The van der Waals surface area contributed by atoms with Crippen molar-refractivity contribution in [2.75, 3.05) is 20.2 Å². The van der Waals surface area contributed by atoms with E-state index in [2.05, 4.69) is 22.0 Å². The van der Waals surface area contributed by atoms with Gasteiger partial charge in [-0.25, -0.2) is 0 Å². The van der Waals surface area contributed by atoms with Crippen LogP contribution in [-0.2, 0) is 13.2 Å². The molecule has 0 radical (unpaired) electrons. The van der Waals surface area contributed by atoms with Crippen molar-refractivity contribution < 1.29 is 14.0 Å². The lowest BCUT2D eigenvalue weighted by Gasteiger charge is -2.29. The van der Waals surface area contributed by atoms with E-state index >= 15 is 0 Å². The molecule has 1 aliphatic rings. The second kappa shape index (κ2) is 7.46. The Morgan fingerprint density at radius 2 is 2.04 bits per heavy atom. The molecule has 124 valence electrons. The van der Waals surface area contributed by atoms with Crippen molar-refractivity contribution >= 4 is 0 Å². The van der Waals surface area contributed by atoms with Crippen LogP contribution in [0.25, 0.3) is 0 Å². The molecule has 23 heavy (non-hydrogen) atoms. The van der Waals surface area contributed by atoms with Gasteiger partial charge in [-0.15, -0.1) is 0 Å². The quantitative estimate of drug-likeness (QED) is 0.816. The lowest BCUT2D eigenvalue weighted by molar-refractivity contribution is 0.157. The summed E-state index contributed by atoms with van der Waals surface area (Å²) in [6.07, 6.45) is 2.55. The number of rotatable bonds is 6. The zero-order valence-electron chi connectivity index (χ0n) is 13.7. The number of piperidine rings is 1. The molecule has 6 heteroatoms. The topological polar surface area (TPSA) is 60.6 Å². The van der Waals surface area contributed by atoms with Gasteiger partial charge in [0, 0.05) is 6.54 Å². The molecule has 0 aliphatic carbocycles. The van der Waals surface area contributed by atoms with Gasteiger partial charge in [0.05, 0.1) is 13.7 Å². The number of aromatic nitrogens is 2. The van der Waals surface area contributed by atoms with E-state index in [1.54, 1.807) is 7.11 Å². The van der Waals surface area contributed by atoms with Crippen LogP contribution in [0, 0.1) is 5.92 Å². The highest BCUT2D eigenvalue weighted by Gasteiger charge is 2.18. The predicted octanol–water partition coefficient (Wildman–Crippen LogP) is 2.89. The molecule has 1 atom stereocenters. The van der Waals surface area contributed by atoms with E-state index in [9.17, 15) is 0 Å². The van der Waals surface area contributed by atoms with Crippen LogP contribution in [-0.4, -0.2) is 35.2 Å². The average Bonchev–Trinajstić information content (AvgIpc) is 3.01. The second-order valence-corrected chi connectivity index (χ2v) is 6.05. The summed E-state index contributed by atoms with van der Waals surface area (Å²) in [4.78, 5) is 6.78. The molecule has 1 saturated heterocycles. The van der Waals surface area contributed by atoms with Crippen LogP contribution in [0.4, 0.5) is 0 Å². The number of hydrogen-bond acceptors (Lipinski definition) is 6. The maximum Gasteiger partial charge on any atom is 0.240 e. The van der Waals surface area contributed by atoms with E-state index in [1.807, 2.05) is 24.3 Å². The zero-order chi connectivity index (χ0) is 16.1. The fourth-order valence-corrected chi connectivity index (χ4v) is 2.85. The van der Waals surface area contributed by atoms with Crippen molar-refractivity contribution in [3.05, 3.63) is 36.0 Å². The summed E-state index contributed by atoms with van der Waals surface area (Å²) in [5.74, 6) is 3.52. The summed E-state index contributed by atoms with van der Waals surface area (Å²) >= 11 is 0. The van der Waals surface area contributed by atoms with Crippen molar-refractivity contribution in [1.29, 1.82) is 0 Å². The molecule has 1 aliphatic heterocycles. The molecule has 0 unspecified atom stereocenters. The maximum atomic E-state index is 5.66. The average molecular weight is 317 g/mol. The molecule has 6 nitrogen and oxygen atoms in total. The van der Waals surface area contributed by atoms with Crippen molar-refractivity contribution in [3.8, 4) is 11.5 Å². The molecule has 1 fully saturated rings. The van der Waals surface area contributed by atoms with Gasteiger partial charge < -0.3 is 14.0 Å². The van der Waals surface area contributed by atoms with Crippen LogP contribution >= 0.6 is 0 Å². The summed E-state index contributed by atoms with van der Waals surface area (Å²) < 4.78 is 16.1. The van der Waals surface area contributed by atoms with Gasteiger partial charge in [0.25, 0.3) is 0 Å². The number of hydrogen-bond donors (Lipinski definition) is 0. The third-order valence-corrected chi connectivity index (χ3v) is 4.04. The Morgan fingerprint density at radius 1 is 1.26 bits per heavy atom. The molecule has 3 rings (SSSR count). The molecule has 2 aromatic rings. The van der Waals surface area contributed by atoms with Crippen LogP contribution in [0.5, 0.6) is 11.5 Å². The predicted molar refractivity (Wildman–Crippen MR) is 85.3 cm³/mol. The Kier molecular flexibility index (Phi) is 5.12. The minimum Gasteiger partial charge on any atom is -0.497 e. The fourth-order valence-electron chi connectivity index (χ4n) is 2.85. The second-order valence-electron chi connectivity index (χ2n) is 6.05.